The first-order valence-corrected chi connectivity index (χ1v) is 4.83. The summed E-state index contributed by atoms with van der Waals surface area (Å²) in [6.45, 7) is 3.28. The van der Waals surface area contributed by atoms with Crippen LogP contribution >= 0.6 is 0 Å². The number of hydrogen-bond acceptors (Lipinski definition) is 3. The summed E-state index contributed by atoms with van der Waals surface area (Å²) < 4.78 is 1.59. The van der Waals surface area contributed by atoms with Crippen molar-refractivity contribution in [1.82, 2.24) is 9.55 Å². The second-order valence-corrected chi connectivity index (χ2v) is 4.12. The molecule has 5 heteroatoms. The molecule has 2 heterocycles. The van der Waals surface area contributed by atoms with Gasteiger partial charge in [-0.2, -0.15) is 0 Å². The molecule has 0 bridgehead atoms. The standard InChI is InChI=1S/C11H12N2O3/c1-11(2,16)13-4-3-7-5-8(10(14)15)6-12-9(7)13/h3-6,16H,1-2H3,(H,14,15). The van der Waals surface area contributed by atoms with Gasteiger partial charge in [0.2, 0.25) is 0 Å². The molecule has 0 radical (unpaired) electrons. The highest BCUT2D eigenvalue weighted by atomic mass is 16.4. The number of nitrogens with zero attached hydrogens (tertiary/aromatic N) is 2. The smallest absolute Gasteiger partial charge is 0.337 e. The molecule has 0 fully saturated rings. The highest BCUT2D eigenvalue weighted by Crippen LogP contribution is 2.21. The molecule has 2 rings (SSSR count). The largest absolute Gasteiger partial charge is 0.478 e. The molecule has 0 atom stereocenters. The van der Waals surface area contributed by atoms with E-state index in [1.165, 1.54) is 12.3 Å². The first kappa shape index (κ1) is 10.6. The predicted molar refractivity (Wildman–Crippen MR) is 58.2 cm³/mol. The average Bonchev–Trinajstić information content (AvgIpc) is 2.58. The van der Waals surface area contributed by atoms with Gasteiger partial charge < -0.3 is 14.8 Å². The monoisotopic (exact) mass is 220 g/mol. The van der Waals surface area contributed by atoms with Crippen molar-refractivity contribution in [3.8, 4) is 0 Å². The van der Waals surface area contributed by atoms with Crippen molar-refractivity contribution in [2.75, 3.05) is 0 Å². The van der Waals surface area contributed by atoms with Crippen LogP contribution in [0.4, 0.5) is 0 Å². The second kappa shape index (κ2) is 3.31. The highest BCUT2D eigenvalue weighted by molar-refractivity contribution is 5.91. The molecule has 2 aromatic heterocycles. The van der Waals surface area contributed by atoms with Gasteiger partial charge in [0.1, 0.15) is 11.4 Å². The number of carboxylic acids is 1. The maximum Gasteiger partial charge on any atom is 0.337 e. The van der Waals surface area contributed by atoms with Gasteiger partial charge in [0.15, 0.2) is 0 Å². The Balaban J connectivity index is 2.64. The quantitative estimate of drug-likeness (QED) is 0.802. The van der Waals surface area contributed by atoms with Gasteiger partial charge in [-0.25, -0.2) is 9.78 Å². The summed E-state index contributed by atoms with van der Waals surface area (Å²) in [7, 11) is 0. The molecule has 0 amide bonds. The summed E-state index contributed by atoms with van der Waals surface area (Å²) in [5.74, 6) is -1.01. The van der Waals surface area contributed by atoms with E-state index >= 15 is 0 Å². The van der Waals surface area contributed by atoms with Crippen molar-refractivity contribution in [2.24, 2.45) is 0 Å². The van der Waals surface area contributed by atoms with Gasteiger partial charge in [0, 0.05) is 17.8 Å². The molecule has 0 saturated heterocycles. The summed E-state index contributed by atoms with van der Waals surface area (Å²) in [5.41, 5.74) is -0.349. The number of aromatic carboxylic acids is 1. The molecule has 16 heavy (non-hydrogen) atoms. The fourth-order valence-electron chi connectivity index (χ4n) is 1.58. The van der Waals surface area contributed by atoms with E-state index < -0.39 is 11.7 Å². The second-order valence-electron chi connectivity index (χ2n) is 4.12. The Kier molecular flexibility index (Phi) is 2.20. The van der Waals surface area contributed by atoms with Crippen molar-refractivity contribution >= 4 is 17.0 Å². The highest BCUT2D eigenvalue weighted by Gasteiger charge is 2.18. The van der Waals surface area contributed by atoms with Crippen molar-refractivity contribution < 1.29 is 15.0 Å². The molecule has 0 aliphatic rings. The van der Waals surface area contributed by atoms with E-state index in [1.54, 1.807) is 30.7 Å². The van der Waals surface area contributed by atoms with E-state index in [4.69, 9.17) is 5.11 Å². The summed E-state index contributed by atoms with van der Waals surface area (Å²) in [5, 5.41) is 19.4. The van der Waals surface area contributed by atoms with Crippen LogP contribution in [0.2, 0.25) is 0 Å². The first-order chi connectivity index (χ1) is 7.39. The van der Waals surface area contributed by atoms with Gasteiger partial charge in [-0.1, -0.05) is 0 Å². The predicted octanol–water partition coefficient (Wildman–Crippen LogP) is 1.42. The minimum Gasteiger partial charge on any atom is -0.478 e. The van der Waals surface area contributed by atoms with Gasteiger partial charge in [-0.05, 0) is 26.0 Å². The molecule has 84 valence electrons. The van der Waals surface area contributed by atoms with Gasteiger partial charge in [0.05, 0.1) is 5.56 Å². The molecule has 0 spiro atoms. The minimum absolute atomic E-state index is 0.140. The molecule has 0 saturated carbocycles. The van der Waals surface area contributed by atoms with E-state index in [0.29, 0.717) is 11.0 Å². The van der Waals surface area contributed by atoms with Crippen LogP contribution in [0.1, 0.15) is 24.2 Å². The number of carboxylic acid groups (broad SMARTS) is 1. The number of aromatic nitrogens is 2. The van der Waals surface area contributed by atoms with Crippen molar-refractivity contribution in [2.45, 2.75) is 19.6 Å². The van der Waals surface area contributed by atoms with Crippen molar-refractivity contribution in [3.63, 3.8) is 0 Å². The summed E-state index contributed by atoms with van der Waals surface area (Å²) in [4.78, 5) is 14.8. The molecule has 0 aliphatic heterocycles. The Bertz CT molecular complexity index is 552. The van der Waals surface area contributed by atoms with Gasteiger partial charge in [-0.3, -0.25) is 0 Å². The molecule has 5 nitrogen and oxygen atoms in total. The summed E-state index contributed by atoms with van der Waals surface area (Å²) >= 11 is 0. The lowest BCUT2D eigenvalue weighted by Crippen LogP contribution is -2.24. The Hall–Kier alpha value is -1.88. The van der Waals surface area contributed by atoms with Crippen LogP contribution in [0.3, 0.4) is 0 Å². The summed E-state index contributed by atoms with van der Waals surface area (Å²) in [6, 6.07) is 3.26. The lowest BCUT2D eigenvalue weighted by Gasteiger charge is -2.20. The minimum atomic E-state index is -1.06. The lowest BCUT2D eigenvalue weighted by molar-refractivity contribution is 0.00574. The number of aliphatic hydroxyl groups is 1. The topological polar surface area (TPSA) is 75.4 Å². The number of fused-ring (bicyclic) bond motifs is 1. The van der Waals surface area contributed by atoms with Crippen molar-refractivity contribution in [3.05, 3.63) is 30.1 Å². The molecule has 0 unspecified atom stereocenters. The fraction of sp³-hybridized carbons (Fsp3) is 0.273. The van der Waals surface area contributed by atoms with Crippen LogP contribution in [0.25, 0.3) is 11.0 Å². The average molecular weight is 220 g/mol. The third kappa shape index (κ3) is 1.65. The Labute approximate surface area is 92.0 Å². The normalized spacial score (nSPS) is 11.9. The van der Waals surface area contributed by atoms with Crippen LogP contribution in [0.5, 0.6) is 0 Å². The van der Waals surface area contributed by atoms with E-state index in [0.717, 1.165) is 0 Å². The zero-order valence-corrected chi connectivity index (χ0v) is 9.01. The molecule has 2 N–H and O–H groups in total. The maximum absolute atomic E-state index is 10.8. The van der Waals surface area contributed by atoms with E-state index in [2.05, 4.69) is 4.98 Å². The molecule has 0 aliphatic carbocycles. The molecular weight excluding hydrogens is 208 g/mol. The third-order valence-electron chi connectivity index (χ3n) is 2.36. The molecular formula is C11H12N2O3. The van der Waals surface area contributed by atoms with Crippen LogP contribution in [0.15, 0.2) is 24.5 Å². The zero-order chi connectivity index (χ0) is 11.9. The van der Waals surface area contributed by atoms with Crippen LogP contribution in [0, 0.1) is 0 Å². The Morgan fingerprint density at radius 1 is 1.50 bits per heavy atom. The van der Waals surface area contributed by atoms with E-state index in [-0.39, 0.29) is 5.56 Å². The lowest BCUT2D eigenvalue weighted by atomic mass is 10.2. The number of pyridine rings is 1. The number of hydrogen-bond donors (Lipinski definition) is 2. The van der Waals surface area contributed by atoms with Gasteiger partial charge in [0.25, 0.3) is 0 Å². The molecule has 0 aromatic carbocycles. The SMILES string of the molecule is CC(C)(O)n1ccc2cc(C(=O)O)cnc21. The van der Waals surface area contributed by atoms with Crippen molar-refractivity contribution in [1.29, 1.82) is 0 Å². The first-order valence-electron chi connectivity index (χ1n) is 4.83. The molecule has 2 aromatic rings. The third-order valence-corrected chi connectivity index (χ3v) is 2.36. The van der Waals surface area contributed by atoms with E-state index in [1.807, 2.05) is 0 Å². The van der Waals surface area contributed by atoms with Crippen LogP contribution in [-0.2, 0) is 5.72 Å². The van der Waals surface area contributed by atoms with Gasteiger partial charge >= 0.3 is 5.97 Å². The van der Waals surface area contributed by atoms with Gasteiger partial charge in [-0.15, -0.1) is 0 Å². The van der Waals surface area contributed by atoms with E-state index in [9.17, 15) is 9.90 Å². The Morgan fingerprint density at radius 3 is 2.75 bits per heavy atom. The summed E-state index contributed by atoms with van der Waals surface area (Å²) in [6.07, 6.45) is 2.97. The van der Waals surface area contributed by atoms with Crippen LogP contribution in [-0.4, -0.2) is 25.7 Å². The Morgan fingerprint density at radius 2 is 2.19 bits per heavy atom. The maximum atomic E-state index is 10.8. The zero-order valence-electron chi connectivity index (χ0n) is 9.01. The van der Waals surface area contributed by atoms with Crippen LogP contribution < -0.4 is 0 Å². The number of carbonyl (C=O) groups is 1. The fourth-order valence-corrected chi connectivity index (χ4v) is 1.58. The number of rotatable bonds is 2.